The van der Waals surface area contributed by atoms with Gasteiger partial charge < -0.3 is 19.9 Å². The lowest BCUT2D eigenvalue weighted by Gasteiger charge is -2.33. The Labute approximate surface area is 138 Å². The molecule has 1 aliphatic heterocycles. The Balaban J connectivity index is 2.42. The molecule has 126 valence electrons. The Bertz CT molecular complexity index is 435. The third kappa shape index (κ3) is 6.60. The zero-order valence-electron chi connectivity index (χ0n) is 14.5. The van der Waals surface area contributed by atoms with Crippen LogP contribution in [0.2, 0.25) is 0 Å². The maximum absolute atomic E-state index is 11.8. The molecule has 7 heteroatoms. The van der Waals surface area contributed by atoms with Crippen molar-refractivity contribution in [3.05, 3.63) is 0 Å². The Morgan fingerprint density at radius 3 is 2.32 bits per heavy atom. The molecule has 0 aromatic carbocycles. The van der Waals surface area contributed by atoms with Crippen molar-refractivity contribution in [3.63, 3.8) is 0 Å². The number of carbonyl (C=O) groups is 1. The predicted octanol–water partition coefficient (Wildman–Crippen LogP) is 2.24. The molecule has 0 aliphatic carbocycles. The second-order valence-electron chi connectivity index (χ2n) is 6.74. The van der Waals surface area contributed by atoms with Gasteiger partial charge in [-0.25, -0.2) is 9.79 Å². The number of hydrogen-bond donors (Lipinski definition) is 1. The average molecular weight is 328 g/mol. The second-order valence-corrected chi connectivity index (χ2v) is 7.11. The van der Waals surface area contributed by atoms with Gasteiger partial charge in [0.05, 0.1) is 0 Å². The third-order valence-corrected chi connectivity index (χ3v) is 3.74. The van der Waals surface area contributed by atoms with E-state index in [2.05, 4.69) is 15.2 Å². The number of carbonyl (C=O) groups excluding carboxylic acids is 1. The van der Waals surface area contributed by atoms with E-state index in [4.69, 9.17) is 17.0 Å². The molecule has 0 spiro atoms. The maximum atomic E-state index is 11.8. The van der Waals surface area contributed by atoms with Crippen LogP contribution in [-0.2, 0) is 4.74 Å². The quantitative estimate of drug-likeness (QED) is 0.454. The van der Waals surface area contributed by atoms with Crippen molar-refractivity contribution in [1.29, 1.82) is 0 Å². The third-order valence-electron chi connectivity index (χ3n) is 3.39. The van der Waals surface area contributed by atoms with Crippen molar-refractivity contribution < 1.29 is 9.53 Å². The molecule has 22 heavy (non-hydrogen) atoms. The van der Waals surface area contributed by atoms with Gasteiger partial charge in [-0.15, -0.1) is 0 Å². The summed E-state index contributed by atoms with van der Waals surface area (Å²) in [4.78, 5) is 20.2. The van der Waals surface area contributed by atoms with Crippen molar-refractivity contribution in [1.82, 2.24) is 15.1 Å². The van der Waals surface area contributed by atoms with Crippen molar-refractivity contribution in [2.45, 2.75) is 52.2 Å². The summed E-state index contributed by atoms with van der Waals surface area (Å²) in [6.45, 7) is 9.10. The molecule has 0 aromatic rings. The topological polar surface area (TPSA) is 57.2 Å². The van der Waals surface area contributed by atoms with Crippen molar-refractivity contribution in [2.75, 3.05) is 27.2 Å². The van der Waals surface area contributed by atoms with E-state index in [0.717, 1.165) is 31.8 Å². The first-order chi connectivity index (χ1) is 10.1. The van der Waals surface area contributed by atoms with E-state index < -0.39 is 5.60 Å². The summed E-state index contributed by atoms with van der Waals surface area (Å²) in [5.41, 5.74) is -0.467. The number of ether oxygens (including phenoxy) is 1. The van der Waals surface area contributed by atoms with Crippen LogP contribution in [0.4, 0.5) is 4.79 Å². The Hall–Kier alpha value is -1.37. The van der Waals surface area contributed by atoms with E-state index in [1.54, 1.807) is 0 Å². The molecule has 1 rings (SSSR count). The molecule has 6 nitrogen and oxygen atoms in total. The number of nitrogens with one attached hydrogen (secondary N) is 1. The Kier molecular flexibility index (Phi) is 6.59. The lowest BCUT2D eigenvalue weighted by Crippen LogP contribution is -2.47. The molecular formula is C15H28N4O2S. The molecule has 1 amide bonds. The summed E-state index contributed by atoms with van der Waals surface area (Å²) in [5.74, 6) is 0.888. The number of likely N-dealkylation sites (tertiary alicyclic amines) is 1. The van der Waals surface area contributed by atoms with Crippen molar-refractivity contribution in [3.8, 4) is 0 Å². The fourth-order valence-corrected chi connectivity index (χ4v) is 2.31. The molecule has 0 bridgehead atoms. The summed E-state index contributed by atoms with van der Waals surface area (Å²) >= 11 is 5.37. The SMILES string of the molecule is CC(=NC(=S)N1CCC(NC(=O)OC(C)(C)C)CC1)N(C)C. The molecule has 1 fully saturated rings. The molecule has 0 saturated carbocycles. The molecular weight excluding hydrogens is 300 g/mol. The van der Waals surface area contributed by atoms with Crippen LogP contribution in [0, 0.1) is 0 Å². The minimum absolute atomic E-state index is 0.132. The molecule has 0 aromatic heterocycles. The average Bonchev–Trinajstić information content (AvgIpc) is 2.36. The van der Waals surface area contributed by atoms with Crippen LogP contribution in [0.3, 0.4) is 0 Å². The van der Waals surface area contributed by atoms with E-state index in [1.165, 1.54) is 0 Å². The first kappa shape index (κ1) is 18.7. The van der Waals surface area contributed by atoms with E-state index in [9.17, 15) is 4.79 Å². The largest absolute Gasteiger partial charge is 0.444 e. The monoisotopic (exact) mass is 328 g/mol. The lowest BCUT2D eigenvalue weighted by molar-refractivity contribution is 0.0488. The van der Waals surface area contributed by atoms with Gasteiger partial charge >= 0.3 is 6.09 Å². The zero-order valence-corrected chi connectivity index (χ0v) is 15.3. The van der Waals surface area contributed by atoms with Gasteiger partial charge in [0.2, 0.25) is 0 Å². The van der Waals surface area contributed by atoms with Crippen LogP contribution in [-0.4, -0.2) is 65.7 Å². The Morgan fingerprint density at radius 1 is 1.32 bits per heavy atom. The summed E-state index contributed by atoms with van der Waals surface area (Å²) in [5, 5.41) is 3.53. The number of hydrogen-bond acceptors (Lipinski definition) is 3. The first-order valence-corrected chi connectivity index (χ1v) is 8.00. The van der Waals surface area contributed by atoms with Gasteiger partial charge in [0.1, 0.15) is 11.4 Å². The van der Waals surface area contributed by atoms with E-state index >= 15 is 0 Å². The molecule has 1 saturated heterocycles. The maximum Gasteiger partial charge on any atom is 0.407 e. The van der Waals surface area contributed by atoms with E-state index in [1.807, 2.05) is 46.7 Å². The number of nitrogens with zero attached hydrogens (tertiary/aromatic N) is 3. The van der Waals surface area contributed by atoms with Gasteiger partial charge in [-0.05, 0) is 52.8 Å². The number of amides is 1. The minimum atomic E-state index is -0.467. The number of rotatable bonds is 1. The van der Waals surface area contributed by atoms with Gasteiger partial charge in [-0.1, -0.05) is 0 Å². The number of amidine groups is 1. The summed E-state index contributed by atoms with van der Waals surface area (Å²) in [7, 11) is 3.89. The van der Waals surface area contributed by atoms with Gasteiger partial charge in [0.15, 0.2) is 5.11 Å². The smallest absolute Gasteiger partial charge is 0.407 e. The van der Waals surface area contributed by atoms with Crippen LogP contribution in [0.25, 0.3) is 0 Å². The fraction of sp³-hybridized carbons (Fsp3) is 0.800. The summed E-state index contributed by atoms with van der Waals surface area (Å²) in [6, 6.07) is 0.132. The van der Waals surface area contributed by atoms with E-state index in [-0.39, 0.29) is 12.1 Å². The molecule has 1 N–H and O–H groups in total. The van der Waals surface area contributed by atoms with Crippen molar-refractivity contribution >= 4 is 29.3 Å². The van der Waals surface area contributed by atoms with Crippen LogP contribution >= 0.6 is 12.2 Å². The Morgan fingerprint density at radius 2 is 1.86 bits per heavy atom. The van der Waals surface area contributed by atoms with Gasteiger partial charge in [-0.2, -0.15) is 0 Å². The highest BCUT2D eigenvalue weighted by Crippen LogP contribution is 2.13. The highest BCUT2D eigenvalue weighted by molar-refractivity contribution is 7.80. The molecule has 0 unspecified atom stereocenters. The van der Waals surface area contributed by atoms with Crippen LogP contribution < -0.4 is 5.32 Å². The number of piperidine rings is 1. The van der Waals surface area contributed by atoms with Gasteiger partial charge in [0, 0.05) is 33.2 Å². The van der Waals surface area contributed by atoms with Crippen LogP contribution in [0.5, 0.6) is 0 Å². The van der Waals surface area contributed by atoms with E-state index in [0.29, 0.717) is 5.11 Å². The molecule has 1 aliphatic rings. The first-order valence-electron chi connectivity index (χ1n) is 7.59. The molecule has 0 radical (unpaired) electrons. The van der Waals surface area contributed by atoms with Crippen LogP contribution in [0.15, 0.2) is 4.99 Å². The van der Waals surface area contributed by atoms with Gasteiger partial charge in [0.25, 0.3) is 0 Å². The highest BCUT2D eigenvalue weighted by Gasteiger charge is 2.24. The predicted molar refractivity (Wildman–Crippen MR) is 93.4 cm³/mol. The lowest BCUT2D eigenvalue weighted by atomic mass is 10.1. The normalized spacial score (nSPS) is 17.2. The minimum Gasteiger partial charge on any atom is -0.444 e. The summed E-state index contributed by atoms with van der Waals surface area (Å²) in [6.07, 6.45) is 1.33. The number of aliphatic imine (C=N–C) groups is 1. The number of thiocarbonyl (C=S) groups is 1. The fourth-order valence-electron chi connectivity index (χ4n) is 2.00. The molecule has 0 atom stereocenters. The van der Waals surface area contributed by atoms with Crippen LogP contribution in [0.1, 0.15) is 40.5 Å². The molecule has 1 heterocycles. The highest BCUT2D eigenvalue weighted by atomic mass is 32.1. The zero-order chi connectivity index (χ0) is 16.9. The number of alkyl carbamates (subject to hydrolysis) is 1. The summed E-state index contributed by atoms with van der Waals surface area (Å²) < 4.78 is 5.28. The van der Waals surface area contributed by atoms with Crippen molar-refractivity contribution in [2.24, 2.45) is 4.99 Å². The van der Waals surface area contributed by atoms with Gasteiger partial charge in [-0.3, -0.25) is 0 Å². The standard InChI is InChI=1S/C15H28N4O2S/c1-11(18(5)6)16-13(22)19-9-7-12(8-10-19)17-14(20)21-15(2,3)4/h12H,7-10H2,1-6H3,(H,17,20). The second kappa shape index (κ2) is 7.76.